The van der Waals surface area contributed by atoms with Gasteiger partial charge in [0.15, 0.2) is 11.5 Å². The van der Waals surface area contributed by atoms with E-state index >= 15 is 0 Å². The average molecular weight is 328 g/mol. The van der Waals surface area contributed by atoms with Crippen molar-refractivity contribution in [2.75, 3.05) is 19.8 Å². The third kappa shape index (κ3) is 3.79. The largest absolute Gasteiger partial charge is 0.486 e. The molecule has 5 heteroatoms. The Bertz CT molecular complexity index is 696. The van der Waals surface area contributed by atoms with Crippen LogP contribution in [-0.4, -0.2) is 25.8 Å². The predicted octanol–water partition coefficient (Wildman–Crippen LogP) is 3.14. The molecule has 0 unspecified atom stereocenters. The minimum Gasteiger partial charge on any atom is -0.486 e. The molecular weight excluding hydrogens is 308 g/mol. The highest BCUT2D eigenvalue weighted by molar-refractivity contribution is 5.75. The summed E-state index contributed by atoms with van der Waals surface area (Å²) in [5.41, 5.74) is 1.81. The molecule has 0 bridgehead atoms. The van der Waals surface area contributed by atoms with E-state index in [1.54, 1.807) is 6.92 Å². The highest BCUT2D eigenvalue weighted by Crippen LogP contribution is 2.42. The normalized spacial score (nSPS) is 12.5. The molecule has 1 aliphatic rings. The lowest BCUT2D eigenvalue weighted by Crippen LogP contribution is -2.18. The van der Waals surface area contributed by atoms with Gasteiger partial charge in [0, 0.05) is 5.56 Å². The third-order valence-electron chi connectivity index (χ3n) is 3.61. The minimum atomic E-state index is -0.285. The van der Waals surface area contributed by atoms with Crippen LogP contribution >= 0.6 is 0 Å². The molecule has 0 N–H and O–H groups in total. The van der Waals surface area contributed by atoms with Crippen LogP contribution in [0.1, 0.15) is 18.1 Å². The Morgan fingerprint density at radius 1 is 1.04 bits per heavy atom. The second-order valence-corrected chi connectivity index (χ2v) is 5.33. The minimum absolute atomic E-state index is 0.151. The van der Waals surface area contributed by atoms with Gasteiger partial charge in [0.2, 0.25) is 5.75 Å². The quantitative estimate of drug-likeness (QED) is 0.763. The van der Waals surface area contributed by atoms with Crippen LogP contribution in [0, 0.1) is 0 Å². The molecule has 126 valence electrons. The lowest BCUT2D eigenvalue weighted by Gasteiger charge is -2.23. The highest BCUT2D eigenvalue weighted by atomic mass is 16.6. The SMILES string of the molecule is CCOC(=O)Cc1ccc(OCc2ccccc2)c2c1OCCO2. The molecule has 2 aromatic carbocycles. The first-order valence-corrected chi connectivity index (χ1v) is 8.01. The zero-order valence-electron chi connectivity index (χ0n) is 13.6. The van der Waals surface area contributed by atoms with E-state index in [0.717, 1.165) is 11.1 Å². The number of fused-ring (bicyclic) bond motifs is 1. The van der Waals surface area contributed by atoms with Crippen LogP contribution < -0.4 is 14.2 Å². The molecule has 0 saturated carbocycles. The first-order valence-electron chi connectivity index (χ1n) is 8.01. The van der Waals surface area contributed by atoms with Crippen molar-refractivity contribution in [3.63, 3.8) is 0 Å². The molecule has 1 aliphatic heterocycles. The first kappa shape index (κ1) is 16.2. The van der Waals surface area contributed by atoms with Crippen molar-refractivity contribution >= 4 is 5.97 Å². The maximum absolute atomic E-state index is 11.7. The number of carbonyl (C=O) groups is 1. The third-order valence-corrected chi connectivity index (χ3v) is 3.61. The van der Waals surface area contributed by atoms with Crippen LogP contribution in [0.2, 0.25) is 0 Å². The second kappa shape index (κ2) is 7.73. The van der Waals surface area contributed by atoms with Gasteiger partial charge in [-0.3, -0.25) is 4.79 Å². The summed E-state index contributed by atoms with van der Waals surface area (Å²) in [5.74, 6) is 1.45. The van der Waals surface area contributed by atoms with Crippen molar-refractivity contribution in [2.45, 2.75) is 20.0 Å². The molecule has 0 aromatic heterocycles. The van der Waals surface area contributed by atoms with E-state index in [9.17, 15) is 4.79 Å². The molecule has 0 saturated heterocycles. The van der Waals surface area contributed by atoms with Crippen LogP contribution in [0.4, 0.5) is 0 Å². The van der Waals surface area contributed by atoms with Crippen LogP contribution in [0.3, 0.4) is 0 Å². The van der Waals surface area contributed by atoms with E-state index < -0.39 is 0 Å². The van der Waals surface area contributed by atoms with E-state index in [-0.39, 0.29) is 12.4 Å². The summed E-state index contributed by atoms with van der Waals surface area (Å²) < 4.78 is 22.3. The van der Waals surface area contributed by atoms with Crippen LogP contribution in [0.5, 0.6) is 17.2 Å². The van der Waals surface area contributed by atoms with Crippen LogP contribution in [-0.2, 0) is 22.6 Å². The van der Waals surface area contributed by atoms with Gasteiger partial charge in [-0.2, -0.15) is 0 Å². The molecule has 0 aliphatic carbocycles. The lowest BCUT2D eigenvalue weighted by atomic mass is 10.1. The summed E-state index contributed by atoms with van der Waals surface area (Å²) in [6.45, 7) is 3.49. The molecule has 0 spiro atoms. The monoisotopic (exact) mass is 328 g/mol. The summed E-state index contributed by atoms with van der Waals surface area (Å²) >= 11 is 0. The van der Waals surface area contributed by atoms with Gasteiger partial charge in [0.25, 0.3) is 0 Å². The van der Waals surface area contributed by atoms with E-state index in [4.69, 9.17) is 18.9 Å². The second-order valence-electron chi connectivity index (χ2n) is 5.33. The molecule has 0 atom stereocenters. The first-order chi connectivity index (χ1) is 11.8. The molecule has 0 fully saturated rings. The molecule has 24 heavy (non-hydrogen) atoms. The number of rotatable bonds is 6. The smallest absolute Gasteiger partial charge is 0.310 e. The van der Waals surface area contributed by atoms with Gasteiger partial charge in [-0.1, -0.05) is 36.4 Å². The molecule has 0 radical (unpaired) electrons. The summed E-state index contributed by atoms with van der Waals surface area (Å²) in [4.78, 5) is 11.7. The molecule has 2 aromatic rings. The fourth-order valence-corrected chi connectivity index (χ4v) is 2.52. The van der Waals surface area contributed by atoms with Gasteiger partial charge in [-0.05, 0) is 18.6 Å². The fraction of sp³-hybridized carbons (Fsp3) is 0.316. The summed E-state index contributed by atoms with van der Waals surface area (Å²) in [5, 5.41) is 0. The summed E-state index contributed by atoms with van der Waals surface area (Å²) in [6, 6.07) is 13.5. The van der Waals surface area contributed by atoms with Crippen molar-refractivity contribution < 1.29 is 23.7 Å². The Morgan fingerprint density at radius 3 is 2.54 bits per heavy atom. The molecular formula is C19H20O5. The number of hydrogen-bond acceptors (Lipinski definition) is 5. The molecule has 5 nitrogen and oxygen atoms in total. The Hall–Kier alpha value is -2.69. The number of benzene rings is 2. The lowest BCUT2D eigenvalue weighted by molar-refractivity contribution is -0.142. The van der Waals surface area contributed by atoms with Crippen molar-refractivity contribution in [1.29, 1.82) is 0 Å². The Labute approximate surface area is 141 Å². The zero-order chi connectivity index (χ0) is 16.8. The van der Waals surface area contributed by atoms with E-state index in [1.165, 1.54) is 0 Å². The molecule has 3 rings (SSSR count). The van der Waals surface area contributed by atoms with Gasteiger partial charge >= 0.3 is 5.97 Å². The standard InChI is InChI=1S/C19H20O5/c1-2-21-17(20)12-15-8-9-16(19-18(15)22-10-11-23-19)24-13-14-6-4-3-5-7-14/h3-9H,2,10-13H2,1H3. The Kier molecular flexibility index (Phi) is 5.21. The summed E-state index contributed by atoms with van der Waals surface area (Å²) in [7, 11) is 0. The number of hydrogen-bond donors (Lipinski definition) is 0. The van der Waals surface area contributed by atoms with Gasteiger partial charge < -0.3 is 18.9 Å². The van der Waals surface area contributed by atoms with Crippen molar-refractivity contribution in [2.24, 2.45) is 0 Å². The van der Waals surface area contributed by atoms with Crippen molar-refractivity contribution in [3.05, 3.63) is 53.6 Å². The van der Waals surface area contributed by atoms with Crippen LogP contribution in [0.15, 0.2) is 42.5 Å². The summed E-state index contributed by atoms with van der Waals surface area (Å²) in [6.07, 6.45) is 0.151. The molecule has 0 amide bonds. The van der Waals surface area contributed by atoms with Crippen molar-refractivity contribution in [1.82, 2.24) is 0 Å². The zero-order valence-corrected chi connectivity index (χ0v) is 13.6. The Balaban J connectivity index is 1.79. The Morgan fingerprint density at radius 2 is 1.79 bits per heavy atom. The van der Waals surface area contributed by atoms with Crippen LogP contribution in [0.25, 0.3) is 0 Å². The van der Waals surface area contributed by atoms with Gasteiger partial charge in [0.05, 0.1) is 13.0 Å². The van der Waals surface area contributed by atoms with E-state index in [2.05, 4.69) is 0 Å². The number of ether oxygens (including phenoxy) is 4. The fourth-order valence-electron chi connectivity index (χ4n) is 2.52. The van der Waals surface area contributed by atoms with Gasteiger partial charge in [-0.15, -0.1) is 0 Å². The van der Waals surface area contributed by atoms with Gasteiger partial charge in [-0.25, -0.2) is 0 Å². The van der Waals surface area contributed by atoms with Crippen molar-refractivity contribution in [3.8, 4) is 17.2 Å². The topological polar surface area (TPSA) is 54.0 Å². The maximum atomic E-state index is 11.7. The number of esters is 1. The average Bonchev–Trinajstić information content (AvgIpc) is 2.62. The van der Waals surface area contributed by atoms with E-state index in [1.807, 2.05) is 42.5 Å². The number of carbonyl (C=O) groups excluding carboxylic acids is 1. The molecule has 1 heterocycles. The van der Waals surface area contributed by atoms with Gasteiger partial charge in [0.1, 0.15) is 19.8 Å². The predicted molar refractivity (Wildman–Crippen MR) is 88.5 cm³/mol. The highest BCUT2D eigenvalue weighted by Gasteiger charge is 2.22. The van der Waals surface area contributed by atoms with E-state index in [0.29, 0.717) is 43.7 Å². The maximum Gasteiger partial charge on any atom is 0.310 e.